The summed E-state index contributed by atoms with van der Waals surface area (Å²) in [6, 6.07) is 21.3. The number of benzene rings is 2. The average Bonchev–Trinajstić information content (AvgIpc) is 2.67. The first-order chi connectivity index (χ1) is 12.6. The molecule has 0 aliphatic rings. The van der Waals surface area contributed by atoms with Gasteiger partial charge in [0.15, 0.2) is 0 Å². The molecule has 1 N–H and O–H groups in total. The highest BCUT2D eigenvalue weighted by atomic mass is 79.9. The normalized spacial score (nSPS) is 12.1. The van der Waals surface area contributed by atoms with Gasteiger partial charge in [0.1, 0.15) is 0 Å². The van der Waals surface area contributed by atoms with Gasteiger partial charge in [-0.3, -0.25) is 9.78 Å². The lowest BCUT2D eigenvalue weighted by Gasteiger charge is -2.18. The largest absolute Gasteiger partial charge is 0.340 e. The fourth-order valence-corrected chi connectivity index (χ4v) is 3.27. The fourth-order valence-electron chi connectivity index (χ4n) is 2.64. The zero-order valence-electron chi connectivity index (χ0n) is 14.4. The van der Waals surface area contributed by atoms with Crippen molar-refractivity contribution in [2.45, 2.75) is 13.0 Å². The molecule has 130 valence electrons. The molecule has 1 amide bonds. The van der Waals surface area contributed by atoms with E-state index in [4.69, 9.17) is 0 Å². The van der Waals surface area contributed by atoms with Crippen LogP contribution >= 0.6 is 15.9 Å². The van der Waals surface area contributed by atoms with E-state index < -0.39 is 0 Å². The highest BCUT2D eigenvalue weighted by molar-refractivity contribution is 9.10. The molecule has 26 heavy (non-hydrogen) atoms. The fraction of sp³-hybridized carbons (Fsp3) is 0.0909. The van der Waals surface area contributed by atoms with Crippen LogP contribution < -0.4 is 5.32 Å². The van der Waals surface area contributed by atoms with Crippen LogP contribution in [0.2, 0.25) is 0 Å². The van der Waals surface area contributed by atoms with Gasteiger partial charge >= 0.3 is 0 Å². The van der Waals surface area contributed by atoms with Gasteiger partial charge < -0.3 is 5.32 Å². The number of aryl methyl sites for hydroxylation is 1. The lowest BCUT2D eigenvalue weighted by molar-refractivity contribution is -0.116. The summed E-state index contributed by atoms with van der Waals surface area (Å²) in [4.78, 5) is 16.9. The van der Waals surface area contributed by atoms with E-state index in [1.165, 1.54) is 0 Å². The van der Waals surface area contributed by atoms with Crippen LogP contribution in [0.1, 0.15) is 28.4 Å². The van der Waals surface area contributed by atoms with Crippen LogP contribution in [0.25, 0.3) is 6.08 Å². The van der Waals surface area contributed by atoms with Crippen LogP contribution in [0.15, 0.2) is 83.5 Å². The number of hydrogen-bond donors (Lipinski definition) is 1. The Bertz CT molecular complexity index is 868. The SMILES string of the molecule is Cc1ccc(/C=C/C(=O)NC(c2ccccc2)c2ccccn2)c(Br)c1. The molecule has 0 radical (unpaired) electrons. The molecule has 0 aliphatic carbocycles. The topological polar surface area (TPSA) is 42.0 Å². The number of amides is 1. The van der Waals surface area contributed by atoms with E-state index in [1.807, 2.05) is 73.7 Å². The summed E-state index contributed by atoms with van der Waals surface area (Å²) in [5.74, 6) is -0.169. The Kier molecular flexibility index (Phi) is 5.97. The molecule has 0 spiro atoms. The van der Waals surface area contributed by atoms with Gasteiger partial charge in [0, 0.05) is 16.7 Å². The third kappa shape index (κ3) is 4.67. The average molecular weight is 407 g/mol. The smallest absolute Gasteiger partial charge is 0.244 e. The first-order valence-electron chi connectivity index (χ1n) is 8.34. The second kappa shape index (κ2) is 8.59. The highest BCUT2D eigenvalue weighted by Gasteiger charge is 2.16. The van der Waals surface area contributed by atoms with Gasteiger partial charge in [-0.2, -0.15) is 0 Å². The molecule has 2 aromatic carbocycles. The van der Waals surface area contributed by atoms with Crippen LogP contribution in [-0.2, 0) is 4.79 Å². The van der Waals surface area contributed by atoms with E-state index in [1.54, 1.807) is 18.3 Å². The Morgan fingerprint density at radius 3 is 2.54 bits per heavy atom. The standard InChI is InChI=1S/C22H19BrN2O/c1-16-10-11-17(19(23)15-16)12-13-21(26)25-22(18-7-3-2-4-8-18)20-9-5-6-14-24-20/h2-15,22H,1H3,(H,25,26)/b13-12+. The maximum atomic E-state index is 12.5. The number of hydrogen-bond acceptors (Lipinski definition) is 2. The highest BCUT2D eigenvalue weighted by Crippen LogP contribution is 2.21. The third-order valence-corrected chi connectivity index (χ3v) is 4.66. The molecule has 0 saturated carbocycles. The van der Waals surface area contributed by atoms with Gasteiger partial charge in [0.25, 0.3) is 0 Å². The zero-order valence-corrected chi connectivity index (χ0v) is 16.0. The number of rotatable bonds is 5. The Labute approximate surface area is 161 Å². The molecule has 1 unspecified atom stereocenters. The van der Waals surface area contributed by atoms with Crippen LogP contribution in [0.5, 0.6) is 0 Å². The van der Waals surface area contributed by atoms with Crippen molar-refractivity contribution < 1.29 is 4.79 Å². The van der Waals surface area contributed by atoms with Crippen molar-refractivity contribution in [1.82, 2.24) is 10.3 Å². The minimum absolute atomic E-state index is 0.169. The van der Waals surface area contributed by atoms with Gasteiger partial charge in [0.2, 0.25) is 5.91 Å². The van der Waals surface area contributed by atoms with Gasteiger partial charge in [-0.25, -0.2) is 0 Å². The predicted molar refractivity (Wildman–Crippen MR) is 109 cm³/mol. The number of carbonyl (C=O) groups is 1. The Morgan fingerprint density at radius 1 is 1.08 bits per heavy atom. The van der Waals surface area contributed by atoms with Crippen molar-refractivity contribution in [2.75, 3.05) is 0 Å². The summed E-state index contributed by atoms with van der Waals surface area (Å²) in [6.07, 6.45) is 5.09. The quantitative estimate of drug-likeness (QED) is 0.600. The number of nitrogens with zero attached hydrogens (tertiary/aromatic N) is 1. The molecule has 1 aromatic heterocycles. The number of nitrogens with one attached hydrogen (secondary N) is 1. The van der Waals surface area contributed by atoms with Crippen molar-refractivity contribution >= 4 is 27.9 Å². The first-order valence-corrected chi connectivity index (χ1v) is 9.13. The van der Waals surface area contributed by atoms with Crippen molar-refractivity contribution in [3.8, 4) is 0 Å². The second-order valence-electron chi connectivity index (χ2n) is 5.97. The summed E-state index contributed by atoms with van der Waals surface area (Å²) in [6.45, 7) is 2.03. The first kappa shape index (κ1) is 18.1. The van der Waals surface area contributed by atoms with E-state index in [0.29, 0.717) is 0 Å². The Hall–Kier alpha value is -2.72. The van der Waals surface area contributed by atoms with Crippen LogP contribution in [0.4, 0.5) is 0 Å². The van der Waals surface area contributed by atoms with Crippen molar-refractivity contribution in [2.24, 2.45) is 0 Å². The minimum Gasteiger partial charge on any atom is -0.340 e. The summed E-state index contributed by atoms with van der Waals surface area (Å²) in [5, 5.41) is 3.05. The van der Waals surface area contributed by atoms with Gasteiger partial charge in [-0.1, -0.05) is 64.5 Å². The maximum Gasteiger partial charge on any atom is 0.244 e. The molecule has 3 nitrogen and oxygen atoms in total. The summed E-state index contributed by atoms with van der Waals surface area (Å²) in [5.41, 5.74) is 3.92. The van der Waals surface area contributed by atoms with E-state index in [-0.39, 0.29) is 11.9 Å². The second-order valence-corrected chi connectivity index (χ2v) is 6.82. The van der Waals surface area contributed by atoms with Gasteiger partial charge in [0.05, 0.1) is 11.7 Å². The number of halogens is 1. The van der Waals surface area contributed by atoms with E-state index in [2.05, 4.69) is 26.2 Å². The van der Waals surface area contributed by atoms with E-state index in [9.17, 15) is 4.79 Å². The molecule has 4 heteroatoms. The number of pyridine rings is 1. The monoisotopic (exact) mass is 406 g/mol. The summed E-state index contributed by atoms with van der Waals surface area (Å²) in [7, 11) is 0. The van der Waals surface area contributed by atoms with Gasteiger partial charge in [-0.15, -0.1) is 0 Å². The third-order valence-electron chi connectivity index (χ3n) is 3.97. The molecule has 3 rings (SSSR count). The maximum absolute atomic E-state index is 12.5. The summed E-state index contributed by atoms with van der Waals surface area (Å²) < 4.78 is 0.964. The Morgan fingerprint density at radius 2 is 1.85 bits per heavy atom. The number of carbonyl (C=O) groups excluding carboxylic acids is 1. The molecule has 3 aromatic rings. The predicted octanol–water partition coefficient (Wildman–Crippen LogP) is 5.07. The lowest BCUT2D eigenvalue weighted by Crippen LogP contribution is -2.28. The molecular formula is C22H19BrN2O. The van der Waals surface area contributed by atoms with E-state index >= 15 is 0 Å². The molecule has 1 atom stereocenters. The van der Waals surface area contributed by atoms with Crippen molar-refractivity contribution in [1.29, 1.82) is 0 Å². The van der Waals surface area contributed by atoms with Gasteiger partial charge in [-0.05, 0) is 47.9 Å². The number of aromatic nitrogens is 1. The molecule has 0 aliphatic heterocycles. The molecule has 0 fully saturated rings. The van der Waals surface area contributed by atoms with Crippen molar-refractivity contribution in [3.05, 3.63) is 106 Å². The van der Waals surface area contributed by atoms with Crippen LogP contribution in [0, 0.1) is 6.92 Å². The molecular weight excluding hydrogens is 388 g/mol. The minimum atomic E-state index is -0.295. The summed E-state index contributed by atoms with van der Waals surface area (Å²) >= 11 is 3.53. The van der Waals surface area contributed by atoms with E-state index in [0.717, 1.165) is 26.9 Å². The molecule has 0 saturated heterocycles. The Balaban J connectivity index is 1.80. The lowest BCUT2D eigenvalue weighted by atomic mass is 10.0. The zero-order chi connectivity index (χ0) is 18.4. The van der Waals surface area contributed by atoms with Crippen LogP contribution in [-0.4, -0.2) is 10.9 Å². The van der Waals surface area contributed by atoms with Crippen molar-refractivity contribution in [3.63, 3.8) is 0 Å². The molecule has 0 bridgehead atoms. The van der Waals surface area contributed by atoms with Crippen LogP contribution in [0.3, 0.4) is 0 Å². The molecule has 1 heterocycles.